The number of hydrogen-bond acceptors (Lipinski definition) is 7. The van der Waals surface area contributed by atoms with Crippen LogP contribution in [0.25, 0.3) is 5.69 Å². The molecule has 2 fully saturated rings. The van der Waals surface area contributed by atoms with Crippen LogP contribution in [0.5, 0.6) is 0 Å². The third-order valence-corrected chi connectivity index (χ3v) is 8.27. The topological polar surface area (TPSA) is 130 Å². The quantitative estimate of drug-likeness (QED) is 0.424. The highest BCUT2D eigenvalue weighted by Crippen LogP contribution is 2.27. The summed E-state index contributed by atoms with van der Waals surface area (Å²) < 4.78 is 20.5. The molecule has 3 N–H and O–H groups in total. The van der Waals surface area contributed by atoms with Gasteiger partial charge in [0, 0.05) is 44.8 Å². The van der Waals surface area contributed by atoms with Gasteiger partial charge in [-0.3, -0.25) is 19.3 Å². The van der Waals surface area contributed by atoms with Gasteiger partial charge in [-0.05, 0) is 54.7 Å². The second kappa shape index (κ2) is 12.4. The molecule has 2 saturated heterocycles. The molecule has 220 valence electrons. The summed E-state index contributed by atoms with van der Waals surface area (Å²) in [5, 5.41) is 17.5. The molecule has 2 bridgehead atoms. The molecule has 0 unspecified atom stereocenters. The SMILES string of the molecule is O=C1Cc2ccccc2CNC(=O)[C@@H](Cc2cn(-c3ccc(F)cc3)nn2)NC(=O)[C@@H]2C[C@H](CN2C2CCOCC2)N1. The molecule has 1 aromatic heterocycles. The molecule has 3 atom stereocenters. The maximum absolute atomic E-state index is 13.8. The smallest absolute Gasteiger partial charge is 0.243 e. The fourth-order valence-corrected chi connectivity index (χ4v) is 6.10. The van der Waals surface area contributed by atoms with E-state index in [-0.39, 0.29) is 55.0 Å². The van der Waals surface area contributed by atoms with Gasteiger partial charge in [-0.15, -0.1) is 5.10 Å². The van der Waals surface area contributed by atoms with Crippen LogP contribution in [0.3, 0.4) is 0 Å². The van der Waals surface area contributed by atoms with Crippen molar-refractivity contribution in [1.29, 1.82) is 0 Å². The zero-order chi connectivity index (χ0) is 29.1. The van der Waals surface area contributed by atoms with Crippen LogP contribution < -0.4 is 16.0 Å². The molecule has 3 aliphatic rings. The summed E-state index contributed by atoms with van der Waals surface area (Å²) in [4.78, 5) is 42.6. The van der Waals surface area contributed by atoms with Crippen molar-refractivity contribution < 1.29 is 23.5 Å². The van der Waals surface area contributed by atoms with Crippen molar-refractivity contribution in [3.8, 4) is 5.69 Å². The first-order chi connectivity index (χ1) is 20.4. The first-order valence-corrected chi connectivity index (χ1v) is 14.4. The first-order valence-electron chi connectivity index (χ1n) is 14.4. The Bertz CT molecular complexity index is 1440. The van der Waals surface area contributed by atoms with Gasteiger partial charge in [0.15, 0.2) is 0 Å². The number of nitrogens with zero attached hydrogens (tertiary/aromatic N) is 4. The maximum Gasteiger partial charge on any atom is 0.243 e. The number of benzene rings is 2. The Balaban J connectivity index is 1.28. The van der Waals surface area contributed by atoms with E-state index in [1.807, 2.05) is 24.3 Å². The van der Waals surface area contributed by atoms with Crippen LogP contribution in [0, 0.1) is 5.82 Å². The predicted octanol–water partition coefficient (Wildman–Crippen LogP) is 1.04. The van der Waals surface area contributed by atoms with E-state index in [1.54, 1.807) is 18.3 Å². The fraction of sp³-hybridized carbons (Fsp3) is 0.433. The highest BCUT2D eigenvalue weighted by Gasteiger charge is 2.42. The van der Waals surface area contributed by atoms with Crippen LogP contribution in [-0.2, 0) is 38.5 Å². The molecule has 3 aromatic rings. The van der Waals surface area contributed by atoms with E-state index >= 15 is 0 Å². The molecule has 6 rings (SSSR count). The average molecular weight is 576 g/mol. The summed E-state index contributed by atoms with van der Waals surface area (Å²) >= 11 is 0. The average Bonchev–Trinajstić information content (AvgIpc) is 3.64. The van der Waals surface area contributed by atoms with E-state index < -0.39 is 12.1 Å². The van der Waals surface area contributed by atoms with Gasteiger partial charge in [-0.2, -0.15) is 0 Å². The molecule has 3 aliphatic heterocycles. The number of carbonyl (C=O) groups excluding carboxylic acids is 3. The highest BCUT2D eigenvalue weighted by atomic mass is 19.1. The summed E-state index contributed by atoms with van der Waals surface area (Å²) in [6.07, 6.45) is 4.02. The largest absolute Gasteiger partial charge is 0.381 e. The van der Waals surface area contributed by atoms with E-state index in [1.165, 1.54) is 16.8 Å². The first kappa shape index (κ1) is 28.0. The number of amides is 3. The second-order valence-electron chi connectivity index (χ2n) is 11.1. The Morgan fingerprint density at radius 3 is 2.50 bits per heavy atom. The minimum Gasteiger partial charge on any atom is -0.381 e. The molecule has 12 heteroatoms. The number of nitrogens with one attached hydrogen (secondary N) is 3. The number of likely N-dealkylation sites (tertiary alicyclic amines) is 1. The number of halogens is 1. The molecule has 3 amide bonds. The standard InChI is InChI=1S/C30H34FN7O4/c31-21-5-7-25(8-6-21)38-18-23(35-36-38)14-26-29(40)32-16-20-4-2-1-3-19(20)13-28(39)33-22-15-27(30(41)34-26)37(17-22)24-9-11-42-12-10-24/h1-8,18,22,24,26-27H,9-17H2,(H,32,40)(H,33,39)(H,34,41)/t22-,26-,27+/m1/s1. The minimum absolute atomic E-state index is 0.106. The molecule has 42 heavy (non-hydrogen) atoms. The Kier molecular flexibility index (Phi) is 8.24. The van der Waals surface area contributed by atoms with Crippen molar-refractivity contribution in [2.45, 2.75) is 62.8 Å². The summed E-state index contributed by atoms with van der Waals surface area (Å²) in [5.74, 6) is -1.08. The lowest BCUT2D eigenvalue weighted by atomic mass is 10.0. The molecular formula is C30H34FN7O4. The number of hydrogen-bond donors (Lipinski definition) is 3. The second-order valence-corrected chi connectivity index (χ2v) is 11.1. The highest BCUT2D eigenvalue weighted by molar-refractivity contribution is 5.90. The number of aromatic nitrogens is 3. The van der Waals surface area contributed by atoms with Crippen LogP contribution in [0.1, 0.15) is 36.1 Å². The van der Waals surface area contributed by atoms with Crippen LogP contribution >= 0.6 is 0 Å². The number of carbonyl (C=O) groups is 3. The van der Waals surface area contributed by atoms with Crippen LogP contribution in [0.15, 0.2) is 54.7 Å². The van der Waals surface area contributed by atoms with E-state index in [2.05, 4.69) is 31.2 Å². The monoisotopic (exact) mass is 575 g/mol. The van der Waals surface area contributed by atoms with Crippen molar-refractivity contribution in [3.63, 3.8) is 0 Å². The van der Waals surface area contributed by atoms with Gasteiger partial charge in [-0.1, -0.05) is 29.5 Å². The third-order valence-electron chi connectivity index (χ3n) is 8.27. The molecular weight excluding hydrogens is 541 g/mol. The Morgan fingerprint density at radius 2 is 1.71 bits per heavy atom. The summed E-state index contributed by atoms with van der Waals surface area (Å²) in [6, 6.07) is 11.9. The lowest BCUT2D eigenvalue weighted by molar-refractivity contribution is -0.132. The van der Waals surface area contributed by atoms with Crippen LogP contribution in [0.2, 0.25) is 0 Å². The fourth-order valence-electron chi connectivity index (χ4n) is 6.10. The van der Waals surface area contributed by atoms with Gasteiger partial charge >= 0.3 is 0 Å². The van der Waals surface area contributed by atoms with Crippen LogP contribution in [0.4, 0.5) is 4.39 Å². The zero-order valence-corrected chi connectivity index (χ0v) is 23.2. The molecule has 0 aliphatic carbocycles. The molecule has 11 nitrogen and oxygen atoms in total. The van der Waals surface area contributed by atoms with Gasteiger partial charge in [0.05, 0.1) is 30.0 Å². The number of rotatable bonds is 4. The van der Waals surface area contributed by atoms with Gasteiger partial charge in [0.2, 0.25) is 17.7 Å². The van der Waals surface area contributed by atoms with Gasteiger partial charge < -0.3 is 20.7 Å². The van der Waals surface area contributed by atoms with Crippen LogP contribution in [-0.4, -0.2) is 81.5 Å². The molecule has 4 heterocycles. The van der Waals surface area contributed by atoms with Gasteiger partial charge in [0.1, 0.15) is 11.9 Å². The molecule has 2 aromatic carbocycles. The Hall–Kier alpha value is -4.16. The van der Waals surface area contributed by atoms with Crippen molar-refractivity contribution >= 4 is 17.7 Å². The summed E-state index contributed by atoms with van der Waals surface area (Å²) in [6.45, 7) is 2.01. The lowest BCUT2D eigenvalue weighted by Crippen LogP contribution is -2.55. The zero-order valence-electron chi connectivity index (χ0n) is 23.2. The van der Waals surface area contributed by atoms with Gasteiger partial charge in [0.25, 0.3) is 0 Å². The number of fused-ring (bicyclic) bond motifs is 3. The van der Waals surface area contributed by atoms with E-state index in [4.69, 9.17) is 4.74 Å². The summed E-state index contributed by atoms with van der Waals surface area (Å²) in [7, 11) is 0. The minimum atomic E-state index is -0.906. The van der Waals surface area contributed by atoms with Crippen molar-refractivity contribution in [2.24, 2.45) is 0 Å². The van der Waals surface area contributed by atoms with Crippen molar-refractivity contribution in [3.05, 3.63) is 77.4 Å². The van der Waals surface area contributed by atoms with E-state index in [0.717, 1.165) is 24.0 Å². The molecule has 0 spiro atoms. The van der Waals surface area contributed by atoms with Crippen molar-refractivity contribution in [1.82, 2.24) is 35.8 Å². The number of ether oxygens (including phenoxy) is 1. The molecule has 0 radical (unpaired) electrons. The maximum atomic E-state index is 13.8. The summed E-state index contributed by atoms with van der Waals surface area (Å²) in [5.41, 5.74) is 2.79. The Labute approximate surface area is 242 Å². The van der Waals surface area contributed by atoms with E-state index in [0.29, 0.717) is 37.6 Å². The van der Waals surface area contributed by atoms with Gasteiger partial charge in [-0.25, -0.2) is 9.07 Å². The normalized spacial score (nSPS) is 24.3. The van der Waals surface area contributed by atoms with Crippen molar-refractivity contribution in [2.75, 3.05) is 19.8 Å². The predicted molar refractivity (Wildman–Crippen MR) is 150 cm³/mol. The van der Waals surface area contributed by atoms with E-state index in [9.17, 15) is 18.8 Å². The Morgan fingerprint density at radius 1 is 0.952 bits per heavy atom. The third kappa shape index (κ3) is 6.34. The molecule has 0 saturated carbocycles. The lowest BCUT2D eigenvalue weighted by Gasteiger charge is -2.35.